The van der Waals surface area contributed by atoms with E-state index in [2.05, 4.69) is 9.72 Å². The largest absolute Gasteiger partial charge is 0.573 e. The fourth-order valence-corrected chi connectivity index (χ4v) is 1.81. The lowest BCUT2D eigenvalue weighted by Crippen LogP contribution is -2.17. The Kier molecular flexibility index (Phi) is 3.74. The molecule has 1 heterocycles. The van der Waals surface area contributed by atoms with Crippen molar-refractivity contribution in [3.05, 3.63) is 42.0 Å². The molecule has 2 aromatic rings. The van der Waals surface area contributed by atoms with Gasteiger partial charge in [0, 0.05) is 11.9 Å². The average molecular weight is 284 g/mol. The van der Waals surface area contributed by atoms with Crippen molar-refractivity contribution in [3.8, 4) is 11.4 Å². The Labute approximate surface area is 115 Å². The van der Waals surface area contributed by atoms with Crippen LogP contribution < -0.4 is 4.74 Å². The van der Waals surface area contributed by atoms with Crippen molar-refractivity contribution in [2.45, 2.75) is 33.1 Å². The molecule has 1 aromatic carbocycles. The van der Waals surface area contributed by atoms with Crippen LogP contribution in [0.15, 0.2) is 30.7 Å². The fraction of sp³-hybridized carbons (Fsp3) is 0.357. The summed E-state index contributed by atoms with van der Waals surface area (Å²) in [7, 11) is 0. The van der Waals surface area contributed by atoms with Crippen molar-refractivity contribution >= 4 is 0 Å². The molecule has 0 aliphatic heterocycles. The van der Waals surface area contributed by atoms with E-state index in [1.165, 1.54) is 6.07 Å². The van der Waals surface area contributed by atoms with E-state index in [9.17, 15) is 13.2 Å². The summed E-state index contributed by atoms with van der Waals surface area (Å²) >= 11 is 0. The molecule has 1 aromatic heterocycles. The van der Waals surface area contributed by atoms with Gasteiger partial charge in [-0.2, -0.15) is 0 Å². The Hall–Kier alpha value is -1.98. The number of rotatable bonds is 3. The molecule has 0 bridgehead atoms. The third-order valence-electron chi connectivity index (χ3n) is 2.88. The summed E-state index contributed by atoms with van der Waals surface area (Å²) in [6.07, 6.45) is -1.16. The zero-order chi connectivity index (χ0) is 14.9. The Morgan fingerprint density at radius 3 is 2.45 bits per heavy atom. The third-order valence-corrected chi connectivity index (χ3v) is 2.88. The summed E-state index contributed by atoms with van der Waals surface area (Å²) in [5.74, 6) is 0.107. The normalized spacial score (nSPS) is 11.9. The molecule has 2 rings (SSSR count). The van der Waals surface area contributed by atoms with Gasteiger partial charge >= 0.3 is 6.36 Å². The van der Waals surface area contributed by atoms with Crippen LogP contribution in [-0.2, 0) is 0 Å². The molecule has 6 heteroatoms. The van der Waals surface area contributed by atoms with Crippen LogP contribution in [0.1, 0.15) is 31.0 Å². The van der Waals surface area contributed by atoms with Crippen LogP contribution in [0.3, 0.4) is 0 Å². The molecule has 0 atom stereocenters. The quantitative estimate of drug-likeness (QED) is 0.844. The molecule has 0 saturated carbocycles. The van der Waals surface area contributed by atoms with Crippen LogP contribution in [-0.4, -0.2) is 15.9 Å². The van der Waals surface area contributed by atoms with E-state index in [0.29, 0.717) is 11.5 Å². The fourth-order valence-electron chi connectivity index (χ4n) is 1.81. The molecular formula is C14H15F3N2O. The number of aromatic nitrogens is 2. The Bertz CT molecular complexity index is 603. The molecule has 0 radical (unpaired) electrons. The predicted octanol–water partition coefficient (Wildman–Crippen LogP) is 4.20. The molecule has 108 valence electrons. The van der Waals surface area contributed by atoms with Gasteiger partial charge in [-0.05, 0) is 36.6 Å². The maximum absolute atomic E-state index is 12.2. The number of aryl methyl sites for hydroxylation is 1. The van der Waals surface area contributed by atoms with E-state index in [4.69, 9.17) is 0 Å². The molecule has 0 aliphatic carbocycles. The van der Waals surface area contributed by atoms with E-state index >= 15 is 0 Å². The minimum Gasteiger partial charge on any atom is -0.406 e. The van der Waals surface area contributed by atoms with Gasteiger partial charge in [0.05, 0.1) is 12.0 Å². The number of halogens is 3. The minimum atomic E-state index is -4.67. The first-order valence-corrected chi connectivity index (χ1v) is 6.17. The van der Waals surface area contributed by atoms with Gasteiger partial charge in [0.2, 0.25) is 0 Å². The first-order valence-electron chi connectivity index (χ1n) is 6.17. The summed E-state index contributed by atoms with van der Waals surface area (Å²) in [6.45, 7) is 5.63. The smallest absolute Gasteiger partial charge is 0.406 e. The number of alkyl halides is 3. The third kappa shape index (κ3) is 3.31. The maximum Gasteiger partial charge on any atom is 0.573 e. The second kappa shape index (κ2) is 5.19. The lowest BCUT2D eigenvalue weighted by atomic mass is 10.1. The number of benzene rings is 1. The number of hydrogen-bond donors (Lipinski definition) is 0. The van der Waals surface area contributed by atoms with Crippen molar-refractivity contribution < 1.29 is 17.9 Å². The first-order chi connectivity index (χ1) is 9.26. The standard InChI is InChI=1S/C14H15F3N2O/c1-9(2)12-7-19(8-18-12)11-4-5-13(10(3)6-11)20-14(15,16)17/h4-9H,1-3H3. The highest BCUT2D eigenvalue weighted by Gasteiger charge is 2.31. The molecule has 0 spiro atoms. The van der Waals surface area contributed by atoms with Gasteiger partial charge in [0.25, 0.3) is 0 Å². The molecule has 0 amide bonds. The van der Waals surface area contributed by atoms with Crippen LogP contribution in [0.25, 0.3) is 5.69 Å². The number of hydrogen-bond acceptors (Lipinski definition) is 2. The SMILES string of the molecule is Cc1cc(-n2cnc(C(C)C)c2)ccc1OC(F)(F)F. The molecule has 3 nitrogen and oxygen atoms in total. The lowest BCUT2D eigenvalue weighted by Gasteiger charge is -2.12. The van der Waals surface area contributed by atoms with Gasteiger partial charge in [-0.1, -0.05) is 13.8 Å². The predicted molar refractivity (Wildman–Crippen MR) is 69.1 cm³/mol. The van der Waals surface area contributed by atoms with Crippen LogP contribution in [0.2, 0.25) is 0 Å². The summed E-state index contributed by atoms with van der Waals surface area (Å²) < 4.78 is 42.3. The van der Waals surface area contributed by atoms with E-state index in [0.717, 1.165) is 11.4 Å². The highest BCUT2D eigenvalue weighted by molar-refractivity contribution is 5.44. The first kappa shape index (κ1) is 14.4. The van der Waals surface area contributed by atoms with Crippen molar-refractivity contribution in [2.24, 2.45) is 0 Å². The highest BCUT2D eigenvalue weighted by atomic mass is 19.4. The van der Waals surface area contributed by atoms with Gasteiger partial charge in [-0.3, -0.25) is 0 Å². The zero-order valence-corrected chi connectivity index (χ0v) is 11.4. The second-order valence-corrected chi connectivity index (χ2v) is 4.86. The van der Waals surface area contributed by atoms with Crippen LogP contribution in [0, 0.1) is 6.92 Å². The van der Waals surface area contributed by atoms with Crippen LogP contribution >= 0.6 is 0 Å². The number of ether oxygens (including phenoxy) is 1. The minimum absolute atomic E-state index is 0.189. The summed E-state index contributed by atoms with van der Waals surface area (Å²) in [6, 6.07) is 4.51. The number of nitrogens with zero attached hydrogens (tertiary/aromatic N) is 2. The van der Waals surface area contributed by atoms with Crippen molar-refractivity contribution in [2.75, 3.05) is 0 Å². The molecule has 0 N–H and O–H groups in total. The van der Waals surface area contributed by atoms with Crippen molar-refractivity contribution in [3.63, 3.8) is 0 Å². The van der Waals surface area contributed by atoms with Crippen molar-refractivity contribution in [1.29, 1.82) is 0 Å². The van der Waals surface area contributed by atoms with E-state index in [1.54, 1.807) is 30.0 Å². The Balaban J connectivity index is 2.28. The second-order valence-electron chi connectivity index (χ2n) is 4.86. The van der Waals surface area contributed by atoms with Crippen LogP contribution in [0.4, 0.5) is 13.2 Å². The zero-order valence-electron chi connectivity index (χ0n) is 11.4. The van der Waals surface area contributed by atoms with E-state index < -0.39 is 6.36 Å². The van der Waals surface area contributed by atoms with Gasteiger partial charge in [0.15, 0.2) is 0 Å². The summed E-state index contributed by atoms with van der Waals surface area (Å²) in [5, 5.41) is 0. The summed E-state index contributed by atoms with van der Waals surface area (Å²) in [4.78, 5) is 4.26. The molecule has 20 heavy (non-hydrogen) atoms. The van der Waals surface area contributed by atoms with Crippen LogP contribution in [0.5, 0.6) is 5.75 Å². The van der Waals surface area contributed by atoms with E-state index in [-0.39, 0.29) is 5.75 Å². The molecular weight excluding hydrogens is 269 g/mol. The lowest BCUT2D eigenvalue weighted by molar-refractivity contribution is -0.274. The molecule has 0 fully saturated rings. The molecule has 0 saturated heterocycles. The Morgan fingerprint density at radius 2 is 1.95 bits per heavy atom. The van der Waals surface area contributed by atoms with Gasteiger partial charge in [-0.15, -0.1) is 13.2 Å². The topological polar surface area (TPSA) is 27.1 Å². The summed E-state index contributed by atoms with van der Waals surface area (Å²) in [5.41, 5.74) is 2.09. The molecule has 0 unspecified atom stereocenters. The average Bonchev–Trinajstić information content (AvgIpc) is 2.79. The van der Waals surface area contributed by atoms with E-state index in [1.807, 2.05) is 20.0 Å². The maximum atomic E-state index is 12.2. The highest BCUT2D eigenvalue weighted by Crippen LogP contribution is 2.27. The molecule has 0 aliphatic rings. The Morgan fingerprint density at radius 1 is 1.25 bits per heavy atom. The van der Waals surface area contributed by atoms with Gasteiger partial charge in [-0.25, -0.2) is 4.98 Å². The monoisotopic (exact) mass is 284 g/mol. The van der Waals surface area contributed by atoms with Gasteiger partial charge < -0.3 is 9.30 Å². The van der Waals surface area contributed by atoms with Gasteiger partial charge in [0.1, 0.15) is 5.75 Å². The van der Waals surface area contributed by atoms with Crippen molar-refractivity contribution in [1.82, 2.24) is 9.55 Å². The number of imidazole rings is 1.